The quantitative estimate of drug-likeness (QED) is 0.753. The average molecular weight is 253 g/mol. The van der Waals surface area contributed by atoms with Gasteiger partial charge in [-0.1, -0.05) is 22.9 Å². The maximum Gasteiger partial charge on any atom is 0.139 e. The Bertz CT molecular complexity index is 599. The first kappa shape index (κ1) is 10.5. The van der Waals surface area contributed by atoms with Crippen LogP contribution in [0.3, 0.4) is 0 Å². The fourth-order valence-electron chi connectivity index (χ4n) is 5.10. The van der Waals surface area contributed by atoms with Gasteiger partial charge in [-0.2, -0.15) is 0 Å². The predicted molar refractivity (Wildman–Crippen MR) is 74.1 cm³/mol. The number of hydrogen-bond acceptors (Lipinski definition) is 2. The molecule has 0 amide bonds. The van der Waals surface area contributed by atoms with E-state index in [2.05, 4.69) is 38.1 Å². The fourth-order valence-corrected chi connectivity index (χ4v) is 5.10. The molecule has 5 aliphatic rings. The topological polar surface area (TPSA) is 21.6 Å². The van der Waals surface area contributed by atoms with E-state index in [0.717, 1.165) is 23.7 Å². The second kappa shape index (κ2) is 3.05. The van der Waals surface area contributed by atoms with Crippen LogP contribution in [0, 0.1) is 50.4 Å². The van der Waals surface area contributed by atoms with E-state index < -0.39 is 0 Å². The molecule has 19 heavy (non-hydrogen) atoms. The van der Waals surface area contributed by atoms with Gasteiger partial charge < -0.3 is 4.84 Å². The summed E-state index contributed by atoms with van der Waals surface area (Å²) in [4.78, 5) is 5.82. The van der Waals surface area contributed by atoms with Crippen molar-refractivity contribution in [2.75, 3.05) is 0 Å². The lowest BCUT2D eigenvalue weighted by atomic mass is 9.73. The predicted octanol–water partition coefficient (Wildman–Crippen LogP) is 3.23. The zero-order valence-electron chi connectivity index (χ0n) is 11.7. The van der Waals surface area contributed by atoms with Crippen molar-refractivity contribution in [1.82, 2.24) is 0 Å². The van der Waals surface area contributed by atoms with E-state index in [1.807, 2.05) is 0 Å². The van der Waals surface area contributed by atoms with Crippen molar-refractivity contribution in [3.63, 3.8) is 0 Å². The van der Waals surface area contributed by atoms with Crippen LogP contribution in [-0.4, -0.2) is 11.8 Å². The molecule has 4 fully saturated rings. The van der Waals surface area contributed by atoms with Gasteiger partial charge in [-0.15, -0.1) is 0 Å². The van der Waals surface area contributed by atoms with Crippen LogP contribution in [0.1, 0.15) is 28.7 Å². The minimum atomic E-state index is 0.412. The first-order chi connectivity index (χ1) is 9.16. The Labute approximate surface area is 113 Å². The summed E-state index contributed by atoms with van der Waals surface area (Å²) in [5.74, 6) is 4.50. The third kappa shape index (κ3) is 1.16. The van der Waals surface area contributed by atoms with Crippen LogP contribution in [0.4, 0.5) is 0 Å². The van der Waals surface area contributed by atoms with E-state index in [1.165, 1.54) is 34.4 Å². The minimum absolute atomic E-state index is 0.412. The number of rotatable bonds is 1. The molecule has 1 heterocycles. The van der Waals surface area contributed by atoms with Gasteiger partial charge in [-0.25, -0.2) is 0 Å². The van der Waals surface area contributed by atoms with Gasteiger partial charge in [0.25, 0.3) is 0 Å². The van der Waals surface area contributed by atoms with Crippen LogP contribution >= 0.6 is 0 Å². The van der Waals surface area contributed by atoms with E-state index in [-0.39, 0.29) is 0 Å². The maximum absolute atomic E-state index is 5.82. The molecule has 6 rings (SSSR count). The summed E-state index contributed by atoms with van der Waals surface area (Å²) in [6.45, 7) is 6.58. The van der Waals surface area contributed by atoms with Crippen molar-refractivity contribution in [3.8, 4) is 0 Å². The molecule has 0 radical (unpaired) electrons. The largest absolute Gasteiger partial charge is 0.391 e. The van der Waals surface area contributed by atoms with E-state index in [1.54, 1.807) is 0 Å². The molecule has 0 spiro atoms. The van der Waals surface area contributed by atoms with Gasteiger partial charge in [0.05, 0.1) is 5.71 Å². The van der Waals surface area contributed by atoms with Crippen molar-refractivity contribution in [2.24, 2.45) is 34.7 Å². The van der Waals surface area contributed by atoms with Crippen molar-refractivity contribution >= 4 is 5.71 Å². The highest BCUT2D eigenvalue weighted by atomic mass is 16.6. The summed E-state index contributed by atoms with van der Waals surface area (Å²) in [6.07, 6.45) is 1.73. The van der Waals surface area contributed by atoms with Crippen molar-refractivity contribution < 1.29 is 4.84 Å². The first-order valence-corrected chi connectivity index (χ1v) is 7.49. The van der Waals surface area contributed by atoms with Gasteiger partial charge >= 0.3 is 0 Å². The summed E-state index contributed by atoms with van der Waals surface area (Å²) in [7, 11) is 0. The molecule has 2 nitrogen and oxygen atoms in total. The highest BCUT2D eigenvalue weighted by Crippen LogP contribution is 2.80. The molecule has 98 valence electrons. The standard InChI is InChI=1S/C17H19NO/c1-7-4-8(2)12(9(3)5-7)16-11-6-10-13-14(10)15(13)17(11)19-18-16/h4-5,10-11,13-15,17H,6H2,1-3H3. The van der Waals surface area contributed by atoms with Crippen molar-refractivity contribution in [3.05, 3.63) is 34.4 Å². The Kier molecular flexibility index (Phi) is 1.68. The molecule has 4 aliphatic carbocycles. The average Bonchev–Trinajstić information content (AvgIpc) is 3.21. The second-order valence-electron chi connectivity index (χ2n) is 7.06. The van der Waals surface area contributed by atoms with Gasteiger partial charge in [-0.05, 0) is 56.1 Å². The van der Waals surface area contributed by atoms with E-state index in [9.17, 15) is 0 Å². The highest BCUT2D eigenvalue weighted by Gasteiger charge is 2.80. The zero-order chi connectivity index (χ0) is 12.9. The Balaban J connectivity index is 1.56. The summed E-state index contributed by atoms with van der Waals surface area (Å²) in [5, 5.41) is 4.51. The summed E-state index contributed by atoms with van der Waals surface area (Å²) in [6, 6.07) is 4.54. The second-order valence-corrected chi connectivity index (χ2v) is 7.06. The van der Waals surface area contributed by atoms with Crippen LogP contribution in [0.5, 0.6) is 0 Å². The molecule has 2 heteroatoms. The molecular weight excluding hydrogens is 234 g/mol. The smallest absolute Gasteiger partial charge is 0.139 e. The number of aryl methyl sites for hydroxylation is 3. The highest BCUT2D eigenvalue weighted by molar-refractivity contribution is 6.05. The molecule has 4 atom stereocenters. The molecule has 0 aromatic heterocycles. The molecule has 1 aromatic rings. The third-order valence-electron chi connectivity index (χ3n) is 5.90. The van der Waals surface area contributed by atoms with Crippen molar-refractivity contribution in [1.29, 1.82) is 0 Å². The monoisotopic (exact) mass is 253 g/mol. The summed E-state index contributed by atoms with van der Waals surface area (Å²) >= 11 is 0. The SMILES string of the molecule is Cc1cc(C)c(C2=NOC3C2CC2C4C2C34)c(C)c1. The van der Waals surface area contributed by atoms with Gasteiger partial charge in [0.1, 0.15) is 6.10 Å². The number of hydrogen-bond donors (Lipinski definition) is 0. The van der Waals surface area contributed by atoms with Crippen LogP contribution in [0.2, 0.25) is 0 Å². The Morgan fingerprint density at radius 3 is 2.42 bits per heavy atom. The summed E-state index contributed by atoms with van der Waals surface area (Å²) in [5.41, 5.74) is 6.65. The first-order valence-electron chi connectivity index (χ1n) is 7.49. The van der Waals surface area contributed by atoms with E-state index in [4.69, 9.17) is 4.84 Å². The van der Waals surface area contributed by atoms with Gasteiger partial charge in [0.15, 0.2) is 0 Å². The Morgan fingerprint density at radius 2 is 1.74 bits per heavy atom. The van der Waals surface area contributed by atoms with Crippen molar-refractivity contribution in [2.45, 2.75) is 33.3 Å². The lowest BCUT2D eigenvalue weighted by Gasteiger charge is -2.30. The van der Waals surface area contributed by atoms with Gasteiger partial charge in [0.2, 0.25) is 0 Å². The van der Waals surface area contributed by atoms with E-state index >= 15 is 0 Å². The number of benzene rings is 1. The molecular formula is C17H19NO. The molecule has 0 N–H and O–H groups in total. The van der Waals surface area contributed by atoms with Gasteiger partial charge in [0, 0.05) is 17.4 Å². The molecule has 1 aliphatic heterocycles. The normalized spacial score (nSPS) is 44.1. The number of oxime groups is 1. The molecule has 1 aromatic carbocycles. The molecule has 4 saturated carbocycles. The third-order valence-corrected chi connectivity index (χ3v) is 5.90. The zero-order valence-corrected chi connectivity index (χ0v) is 11.7. The summed E-state index contributed by atoms with van der Waals surface area (Å²) < 4.78 is 0. The lowest BCUT2D eigenvalue weighted by Crippen LogP contribution is -2.36. The van der Waals surface area contributed by atoms with Crippen LogP contribution < -0.4 is 0 Å². The molecule has 0 saturated heterocycles. The van der Waals surface area contributed by atoms with Crippen LogP contribution in [0.25, 0.3) is 0 Å². The minimum Gasteiger partial charge on any atom is -0.391 e. The van der Waals surface area contributed by atoms with E-state index in [0.29, 0.717) is 12.0 Å². The van der Waals surface area contributed by atoms with Gasteiger partial charge in [-0.3, -0.25) is 0 Å². The molecule has 4 unspecified atom stereocenters. The van der Waals surface area contributed by atoms with Crippen LogP contribution in [0.15, 0.2) is 17.3 Å². The number of nitrogens with zero attached hydrogens (tertiary/aromatic N) is 1. The Hall–Kier alpha value is -1.31. The maximum atomic E-state index is 5.82. The Morgan fingerprint density at radius 1 is 1.05 bits per heavy atom. The lowest BCUT2D eigenvalue weighted by molar-refractivity contribution is -0.00151. The molecule has 2 bridgehead atoms. The van der Waals surface area contributed by atoms with Crippen LogP contribution in [-0.2, 0) is 4.84 Å². The fraction of sp³-hybridized carbons (Fsp3) is 0.588.